The summed E-state index contributed by atoms with van der Waals surface area (Å²) >= 11 is 11.4. The highest BCUT2D eigenvalue weighted by atomic mass is 35.5. The molecule has 0 N–H and O–H groups in total. The van der Waals surface area contributed by atoms with Gasteiger partial charge in [0.05, 0.1) is 7.11 Å². The van der Waals surface area contributed by atoms with Crippen LogP contribution in [0.3, 0.4) is 0 Å². The van der Waals surface area contributed by atoms with E-state index >= 15 is 0 Å². The SMILES string of the molecule is COC(=O)[C@@]1(OC(=O)C(Cl)Cl)CC[C@H]2[C@@H]3CCC4=CC(=O)C=C[C@]4(C)[C@H]3C(=O)C[C@@]21C. The van der Waals surface area contributed by atoms with Crippen molar-refractivity contribution in [1.82, 2.24) is 0 Å². The number of hydrogen-bond acceptors (Lipinski definition) is 6. The summed E-state index contributed by atoms with van der Waals surface area (Å²) in [5, 5.41) is 0. The van der Waals surface area contributed by atoms with E-state index in [2.05, 4.69) is 0 Å². The molecule has 0 saturated heterocycles. The van der Waals surface area contributed by atoms with Crippen molar-refractivity contribution in [3.05, 3.63) is 23.8 Å². The van der Waals surface area contributed by atoms with E-state index in [1.807, 2.05) is 19.9 Å². The zero-order valence-corrected chi connectivity index (χ0v) is 19.3. The molecule has 168 valence electrons. The first-order valence-electron chi connectivity index (χ1n) is 10.6. The molecular formula is C23H26Cl2O6. The molecule has 0 unspecified atom stereocenters. The summed E-state index contributed by atoms with van der Waals surface area (Å²) < 4.78 is 10.7. The van der Waals surface area contributed by atoms with Crippen LogP contribution in [0.15, 0.2) is 23.8 Å². The number of ether oxygens (including phenoxy) is 2. The number of rotatable bonds is 3. The molecule has 3 fully saturated rings. The van der Waals surface area contributed by atoms with Crippen molar-refractivity contribution in [2.75, 3.05) is 7.11 Å². The van der Waals surface area contributed by atoms with Crippen LogP contribution in [0.25, 0.3) is 0 Å². The number of methoxy groups -OCH3 is 1. The number of Topliss-reactive ketones (excluding diaryl/α,β-unsaturated/α-hetero) is 1. The third kappa shape index (κ3) is 3.05. The van der Waals surface area contributed by atoms with Gasteiger partial charge >= 0.3 is 11.9 Å². The van der Waals surface area contributed by atoms with Gasteiger partial charge < -0.3 is 9.47 Å². The average Bonchev–Trinajstić information content (AvgIpc) is 3.00. The maximum absolute atomic E-state index is 13.6. The molecule has 0 amide bonds. The van der Waals surface area contributed by atoms with Crippen molar-refractivity contribution < 1.29 is 28.7 Å². The van der Waals surface area contributed by atoms with Crippen molar-refractivity contribution in [3.8, 4) is 0 Å². The molecule has 0 aliphatic heterocycles. The number of halogens is 2. The topological polar surface area (TPSA) is 86.7 Å². The van der Waals surface area contributed by atoms with Crippen LogP contribution < -0.4 is 0 Å². The Kier molecular flexibility index (Phi) is 5.41. The quantitative estimate of drug-likeness (QED) is 0.463. The normalized spacial score (nSPS) is 41.2. The molecule has 4 aliphatic rings. The van der Waals surface area contributed by atoms with E-state index in [1.165, 1.54) is 7.11 Å². The Labute approximate surface area is 191 Å². The van der Waals surface area contributed by atoms with Crippen molar-refractivity contribution in [1.29, 1.82) is 0 Å². The van der Waals surface area contributed by atoms with Crippen LogP contribution in [0.1, 0.15) is 46.0 Å². The summed E-state index contributed by atoms with van der Waals surface area (Å²) in [5.41, 5.74) is -2.06. The van der Waals surface area contributed by atoms with Crippen LogP contribution in [0, 0.1) is 28.6 Å². The van der Waals surface area contributed by atoms with E-state index < -0.39 is 33.2 Å². The first kappa shape index (κ1) is 22.5. The molecule has 0 radical (unpaired) electrons. The summed E-state index contributed by atoms with van der Waals surface area (Å²) in [6.07, 6.45) is 7.45. The molecule has 0 aromatic heterocycles. The molecule has 4 aliphatic carbocycles. The second-order valence-electron chi connectivity index (χ2n) is 9.61. The van der Waals surface area contributed by atoms with E-state index in [0.717, 1.165) is 12.0 Å². The Morgan fingerprint density at radius 3 is 2.55 bits per heavy atom. The highest BCUT2D eigenvalue weighted by Crippen LogP contribution is 2.67. The highest BCUT2D eigenvalue weighted by molar-refractivity contribution is 6.53. The Morgan fingerprint density at radius 1 is 1.19 bits per heavy atom. The largest absolute Gasteiger partial charge is 0.466 e. The zero-order chi connectivity index (χ0) is 22.8. The van der Waals surface area contributed by atoms with Gasteiger partial charge in [0, 0.05) is 23.2 Å². The standard InChI is InChI=1S/C23H26Cl2O6/c1-21-8-6-13(26)10-12(21)4-5-14-15-7-9-23(20(29)30-3,31-19(28)18(24)25)22(15,2)11-16(27)17(14)21/h6,8,10,14-15,17-18H,4-5,7,9,11H2,1-3H3/t14-,15-,17+,21-,22-,23-/m0/s1. The van der Waals surface area contributed by atoms with Crippen molar-refractivity contribution in [2.45, 2.75) is 56.4 Å². The minimum absolute atomic E-state index is 0.000662. The van der Waals surface area contributed by atoms with E-state index in [4.69, 9.17) is 32.7 Å². The van der Waals surface area contributed by atoms with Crippen LogP contribution in [0.5, 0.6) is 0 Å². The van der Waals surface area contributed by atoms with Gasteiger partial charge in [0.15, 0.2) is 5.78 Å². The lowest BCUT2D eigenvalue weighted by molar-refractivity contribution is -0.202. The van der Waals surface area contributed by atoms with Crippen molar-refractivity contribution in [3.63, 3.8) is 0 Å². The maximum atomic E-state index is 13.6. The molecular weight excluding hydrogens is 443 g/mol. The first-order valence-corrected chi connectivity index (χ1v) is 11.4. The Morgan fingerprint density at radius 2 is 1.90 bits per heavy atom. The fourth-order valence-corrected chi connectivity index (χ4v) is 7.03. The van der Waals surface area contributed by atoms with Gasteiger partial charge in [0.25, 0.3) is 0 Å². The summed E-state index contributed by atoms with van der Waals surface area (Å²) in [4.78, 5) is 49.5. The summed E-state index contributed by atoms with van der Waals surface area (Å²) in [6.45, 7) is 3.86. The molecule has 4 rings (SSSR count). The number of carbonyl (C=O) groups excluding carboxylic acids is 4. The smallest absolute Gasteiger partial charge is 0.350 e. The lowest BCUT2D eigenvalue weighted by Crippen LogP contribution is -2.62. The van der Waals surface area contributed by atoms with E-state index in [-0.39, 0.29) is 42.2 Å². The number of carbonyl (C=O) groups is 4. The number of allylic oxidation sites excluding steroid dienone is 4. The molecule has 31 heavy (non-hydrogen) atoms. The molecule has 8 heteroatoms. The minimum Gasteiger partial charge on any atom is -0.466 e. The average molecular weight is 469 g/mol. The fourth-order valence-electron chi connectivity index (χ4n) is 6.94. The van der Waals surface area contributed by atoms with E-state index in [9.17, 15) is 19.2 Å². The number of hydrogen-bond donors (Lipinski definition) is 0. The number of ketones is 2. The molecule has 0 bridgehead atoms. The molecule has 0 aromatic rings. The Balaban J connectivity index is 1.76. The molecule has 0 aromatic carbocycles. The zero-order valence-electron chi connectivity index (χ0n) is 17.8. The van der Waals surface area contributed by atoms with E-state index in [1.54, 1.807) is 12.2 Å². The molecule has 0 spiro atoms. The molecule has 3 saturated carbocycles. The number of alkyl halides is 2. The fraction of sp³-hybridized carbons (Fsp3) is 0.652. The summed E-state index contributed by atoms with van der Waals surface area (Å²) in [6, 6.07) is 0. The predicted octanol–water partition coefficient (Wildman–Crippen LogP) is 3.73. The van der Waals surface area contributed by atoms with Gasteiger partial charge in [-0.15, -0.1) is 0 Å². The number of esters is 2. The maximum Gasteiger partial charge on any atom is 0.350 e. The lowest BCUT2D eigenvalue weighted by Gasteiger charge is -2.56. The third-order valence-electron chi connectivity index (χ3n) is 8.35. The van der Waals surface area contributed by atoms with Gasteiger partial charge in [0.2, 0.25) is 10.4 Å². The summed E-state index contributed by atoms with van der Waals surface area (Å²) in [5.74, 6) is -1.96. The van der Waals surface area contributed by atoms with Gasteiger partial charge in [-0.3, -0.25) is 9.59 Å². The highest BCUT2D eigenvalue weighted by Gasteiger charge is 2.71. The third-order valence-corrected chi connectivity index (χ3v) is 8.70. The Bertz CT molecular complexity index is 923. The first-order chi connectivity index (χ1) is 14.5. The molecule has 0 heterocycles. The predicted molar refractivity (Wildman–Crippen MR) is 113 cm³/mol. The summed E-state index contributed by atoms with van der Waals surface area (Å²) in [7, 11) is 1.24. The number of fused-ring (bicyclic) bond motifs is 5. The van der Waals surface area contributed by atoms with Gasteiger partial charge in [-0.1, -0.05) is 48.7 Å². The second kappa shape index (κ2) is 7.45. The second-order valence-corrected chi connectivity index (χ2v) is 10.7. The van der Waals surface area contributed by atoms with Crippen LogP contribution in [0.2, 0.25) is 0 Å². The van der Waals surface area contributed by atoms with Crippen LogP contribution in [0.4, 0.5) is 0 Å². The van der Waals surface area contributed by atoms with Crippen LogP contribution in [-0.4, -0.2) is 41.1 Å². The van der Waals surface area contributed by atoms with Gasteiger partial charge in [-0.25, -0.2) is 9.59 Å². The van der Waals surface area contributed by atoms with Crippen LogP contribution >= 0.6 is 23.2 Å². The van der Waals surface area contributed by atoms with Gasteiger partial charge in [-0.05, 0) is 49.7 Å². The van der Waals surface area contributed by atoms with Crippen LogP contribution in [-0.2, 0) is 28.7 Å². The Hall–Kier alpha value is -1.66. The van der Waals surface area contributed by atoms with Gasteiger partial charge in [0.1, 0.15) is 5.78 Å². The van der Waals surface area contributed by atoms with E-state index in [0.29, 0.717) is 12.8 Å². The minimum atomic E-state index is -1.61. The lowest BCUT2D eigenvalue weighted by atomic mass is 9.47. The van der Waals surface area contributed by atoms with Gasteiger partial charge in [-0.2, -0.15) is 0 Å². The molecule has 6 nitrogen and oxygen atoms in total. The monoisotopic (exact) mass is 468 g/mol. The van der Waals surface area contributed by atoms with Crippen molar-refractivity contribution >= 4 is 46.7 Å². The molecule has 6 atom stereocenters. The van der Waals surface area contributed by atoms with Crippen molar-refractivity contribution in [2.24, 2.45) is 28.6 Å².